The van der Waals surface area contributed by atoms with E-state index in [0.717, 1.165) is 11.6 Å². The van der Waals surface area contributed by atoms with Crippen LogP contribution in [0.1, 0.15) is 68.4 Å². The molecule has 0 saturated carbocycles. The van der Waals surface area contributed by atoms with E-state index in [1.165, 1.54) is 14.2 Å². The van der Waals surface area contributed by atoms with Crippen LogP contribution in [0.15, 0.2) is 18.2 Å². The highest BCUT2D eigenvalue weighted by molar-refractivity contribution is 5.96. The molecule has 242 valence electrons. The predicted octanol–water partition coefficient (Wildman–Crippen LogP) is 1.85. The van der Waals surface area contributed by atoms with Crippen molar-refractivity contribution in [3.63, 3.8) is 0 Å². The van der Waals surface area contributed by atoms with Crippen LogP contribution < -0.4 is 5.32 Å². The lowest BCUT2D eigenvalue weighted by atomic mass is 9.73. The van der Waals surface area contributed by atoms with Gasteiger partial charge in [0.05, 0.1) is 24.4 Å². The number of rotatable bonds is 12. The second kappa shape index (κ2) is 13.9. The van der Waals surface area contributed by atoms with Gasteiger partial charge in [0.2, 0.25) is 0 Å². The summed E-state index contributed by atoms with van der Waals surface area (Å²) in [7, 11) is 2.76. The smallest absolute Gasteiger partial charge is 0.342 e. The molecule has 0 bridgehead atoms. The second-order valence-electron chi connectivity index (χ2n) is 12.5. The summed E-state index contributed by atoms with van der Waals surface area (Å²) in [6, 6.07) is 1.10. The van der Waals surface area contributed by atoms with Crippen LogP contribution in [0.3, 0.4) is 0 Å². The second-order valence-corrected chi connectivity index (χ2v) is 12.5. The molecule has 2 aliphatic heterocycles. The topological polar surface area (TPSA) is 184 Å². The van der Waals surface area contributed by atoms with Gasteiger partial charge in [0.25, 0.3) is 5.91 Å². The number of phenols is 2. The monoisotopic (exact) mass is 609 g/mol. The first kappa shape index (κ1) is 34.7. The van der Waals surface area contributed by atoms with Crippen LogP contribution in [0.4, 0.5) is 0 Å². The predicted molar refractivity (Wildman–Crippen MR) is 155 cm³/mol. The van der Waals surface area contributed by atoms with Crippen LogP contribution in [0.25, 0.3) is 0 Å². The zero-order valence-corrected chi connectivity index (χ0v) is 26.0. The van der Waals surface area contributed by atoms with Gasteiger partial charge in [-0.05, 0) is 31.4 Å². The van der Waals surface area contributed by atoms with Gasteiger partial charge in [-0.25, -0.2) is 4.79 Å². The molecule has 0 spiro atoms. The van der Waals surface area contributed by atoms with Crippen LogP contribution >= 0.6 is 0 Å². The largest absolute Gasteiger partial charge is 0.508 e. The third-order valence-electron chi connectivity index (χ3n) is 9.02. The van der Waals surface area contributed by atoms with Crippen LogP contribution in [0, 0.1) is 18.3 Å². The lowest BCUT2D eigenvalue weighted by molar-refractivity contribution is -0.217. The summed E-state index contributed by atoms with van der Waals surface area (Å²) < 4.78 is 22.7. The Hall–Kier alpha value is -2.74. The van der Waals surface area contributed by atoms with Crippen LogP contribution in [0.5, 0.6) is 11.5 Å². The van der Waals surface area contributed by atoms with Gasteiger partial charge in [-0.15, -0.1) is 6.58 Å². The molecule has 1 aromatic carbocycles. The maximum Gasteiger partial charge on any atom is 0.342 e. The number of carbonyl (C=O) groups is 2. The van der Waals surface area contributed by atoms with E-state index in [1.807, 2.05) is 13.8 Å². The number of hydrogen-bond donors (Lipinski definition) is 6. The molecule has 0 radical (unpaired) electrons. The average Bonchev–Trinajstić information content (AvgIpc) is 2.94. The van der Waals surface area contributed by atoms with Gasteiger partial charge in [0.15, 0.2) is 12.3 Å². The van der Waals surface area contributed by atoms with Crippen LogP contribution in [-0.2, 0) is 30.2 Å². The molecule has 1 saturated heterocycles. The number of cyclic esters (lactones) is 1. The molecular weight excluding hydrogens is 562 g/mol. The number of aliphatic hydroxyl groups excluding tert-OH is 3. The Labute approximate surface area is 252 Å². The Morgan fingerprint density at radius 3 is 2.42 bits per heavy atom. The number of methoxy groups -OCH3 is 2. The lowest BCUT2D eigenvalue weighted by Crippen LogP contribution is -2.59. The highest BCUT2D eigenvalue weighted by Gasteiger charge is 2.48. The van der Waals surface area contributed by atoms with Crippen molar-refractivity contribution in [2.24, 2.45) is 11.3 Å². The van der Waals surface area contributed by atoms with Gasteiger partial charge < -0.3 is 49.8 Å². The molecule has 3 rings (SSSR count). The van der Waals surface area contributed by atoms with Crippen molar-refractivity contribution in [3.05, 3.63) is 34.9 Å². The lowest BCUT2D eigenvalue weighted by Gasteiger charge is -2.48. The Kier molecular flexibility index (Phi) is 11.2. The Balaban J connectivity index is 1.73. The van der Waals surface area contributed by atoms with E-state index in [9.17, 15) is 35.1 Å². The van der Waals surface area contributed by atoms with E-state index in [1.54, 1.807) is 20.8 Å². The number of aromatic hydroxyl groups is 2. The number of carbonyl (C=O) groups excluding carboxylic acids is 2. The SMILES string of the molecule is C=C(C)C[C@H](OC)[C@H](O)C(=O)N[C@H](OC)[C@@H]1C[C@@H](O)C(C)(C)C(CC(O)[C@@H](C)C2Cc3c(C)c(O)cc(O)c3C(=O)O2)O1. The maximum atomic E-state index is 12.9. The summed E-state index contributed by atoms with van der Waals surface area (Å²) in [4.78, 5) is 25.6. The summed E-state index contributed by atoms with van der Waals surface area (Å²) in [6.07, 6.45) is -6.89. The highest BCUT2D eigenvalue weighted by Crippen LogP contribution is 2.42. The van der Waals surface area contributed by atoms with E-state index in [-0.39, 0.29) is 42.7 Å². The number of phenolic OH excluding ortho intramolecular Hbond substituents is 2. The Morgan fingerprint density at radius 1 is 1.19 bits per heavy atom. The van der Waals surface area contributed by atoms with Gasteiger partial charge in [-0.2, -0.15) is 0 Å². The molecule has 1 aromatic rings. The zero-order chi connectivity index (χ0) is 32.4. The van der Waals surface area contributed by atoms with Crippen molar-refractivity contribution in [3.8, 4) is 11.5 Å². The van der Waals surface area contributed by atoms with E-state index in [2.05, 4.69) is 11.9 Å². The molecule has 0 aromatic heterocycles. The first-order chi connectivity index (χ1) is 20.0. The van der Waals surface area contributed by atoms with Gasteiger partial charge in [0, 0.05) is 50.9 Å². The first-order valence-corrected chi connectivity index (χ1v) is 14.5. The number of aliphatic hydroxyl groups is 3. The number of amides is 1. The van der Waals surface area contributed by atoms with Crippen molar-refractivity contribution in [1.29, 1.82) is 0 Å². The van der Waals surface area contributed by atoms with Crippen molar-refractivity contribution >= 4 is 11.9 Å². The first-order valence-electron chi connectivity index (χ1n) is 14.5. The standard InChI is InChI=1S/C31H47NO11/c1-14(2)9-22(40-7)27(37)28(38)32-29(41-8)23-13-24(36)31(5,6)25(42-23)12-19(34)16(4)21-10-17-15(3)18(33)11-20(35)26(17)30(39)43-21/h11,16,19,21-25,27,29,33-37H,1,9-10,12-13H2,2-8H3,(H,32,38)/t16-,19?,21?,22+,23+,24-,25?,27+,29-/m1/s1. The highest BCUT2D eigenvalue weighted by atomic mass is 16.6. The number of esters is 1. The summed E-state index contributed by atoms with van der Waals surface area (Å²) in [6.45, 7) is 12.6. The summed E-state index contributed by atoms with van der Waals surface area (Å²) in [5.41, 5.74) is 0.851. The van der Waals surface area contributed by atoms with E-state index in [0.29, 0.717) is 11.1 Å². The number of nitrogens with one attached hydrogen (secondary N) is 1. The fourth-order valence-corrected chi connectivity index (χ4v) is 5.80. The Bertz CT molecular complexity index is 1180. The number of benzene rings is 1. The molecule has 6 N–H and O–H groups in total. The normalized spacial score (nSPS) is 26.8. The minimum Gasteiger partial charge on any atom is -0.508 e. The van der Waals surface area contributed by atoms with Crippen molar-refractivity contribution in [1.82, 2.24) is 5.32 Å². The van der Waals surface area contributed by atoms with E-state index in [4.69, 9.17) is 18.9 Å². The number of ether oxygens (including phenoxy) is 4. The molecule has 1 amide bonds. The molecule has 12 heteroatoms. The minimum absolute atomic E-state index is 0.00479. The van der Waals surface area contributed by atoms with Gasteiger partial charge in [-0.1, -0.05) is 26.3 Å². The molecule has 2 aliphatic rings. The Morgan fingerprint density at radius 2 is 1.84 bits per heavy atom. The fraction of sp³-hybridized carbons (Fsp3) is 0.677. The third-order valence-corrected chi connectivity index (χ3v) is 9.02. The summed E-state index contributed by atoms with van der Waals surface area (Å²) in [5.74, 6) is -2.57. The van der Waals surface area contributed by atoms with E-state index < -0.39 is 72.2 Å². The molecule has 9 atom stereocenters. The average molecular weight is 610 g/mol. The summed E-state index contributed by atoms with van der Waals surface area (Å²) in [5, 5.41) is 56.0. The quantitative estimate of drug-likeness (QED) is 0.115. The van der Waals surface area contributed by atoms with Crippen LogP contribution in [0.2, 0.25) is 0 Å². The molecule has 12 nitrogen and oxygen atoms in total. The number of hydrogen-bond acceptors (Lipinski definition) is 11. The third kappa shape index (κ3) is 7.50. The molecule has 3 unspecified atom stereocenters. The summed E-state index contributed by atoms with van der Waals surface area (Å²) >= 11 is 0. The maximum absolute atomic E-state index is 12.9. The molecular formula is C31H47NO11. The van der Waals surface area contributed by atoms with Gasteiger partial charge in [0.1, 0.15) is 29.3 Å². The van der Waals surface area contributed by atoms with Gasteiger partial charge in [-0.3, -0.25) is 4.79 Å². The van der Waals surface area contributed by atoms with Crippen molar-refractivity contribution in [2.75, 3.05) is 14.2 Å². The molecule has 1 fully saturated rings. The van der Waals surface area contributed by atoms with Gasteiger partial charge >= 0.3 is 5.97 Å². The minimum atomic E-state index is -1.50. The van der Waals surface area contributed by atoms with Crippen molar-refractivity contribution in [2.45, 2.75) is 109 Å². The van der Waals surface area contributed by atoms with E-state index >= 15 is 0 Å². The number of fused-ring (bicyclic) bond motifs is 1. The molecule has 43 heavy (non-hydrogen) atoms. The van der Waals surface area contributed by atoms with Crippen molar-refractivity contribution < 1.29 is 54.1 Å². The zero-order valence-electron chi connectivity index (χ0n) is 26.0. The molecule has 2 heterocycles. The molecule has 0 aliphatic carbocycles. The fourth-order valence-electron chi connectivity index (χ4n) is 5.80. The van der Waals surface area contributed by atoms with Crippen LogP contribution in [-0.4, -0.2) is 101 Å².